The van der Waals surface area contributed by atoms with Gasteiger partial charge in [0.05, 0.1) is 3.58 Å². The second kappa shape index (κ2) is 7.64. The fraction of sp³-hybridized carbons (Fsp3) is 0.125. The molecule has 0 atom stereocenters. The Bertz CT molecular complexity index is 828. The number of allylic oxidation sites excluding steroid dienone is 1. The van der Waals surface area contributed by atoms with E-state index in [2.05, 4.69) is 9.72 Å². The summed E-state index contributed by atoms with van der Waals surface area (Å²) >= 11 is 1.64. The molecule has 138 valence electrons. The average Bonchev–Trinajstić information content (AvgIpc) is 2.52. The lowest BCUT2D eigenvalue weighted by molar-refractivity contribution is -0.274. The van der Waals surface area contributed by atoms with Crippen LogP contribution in [-0.2, 0) is 6.18 Å². The second-order valence-corrected chi connectivity index (χ2v) is 6.03. The molecule has 0 aliphatic rings. The molecule has 0 unspecified atom stereocenters. The molecule has 0 amide bonds. The summed E-state index contributed by atoms with van der Waals surface area (Å²) in [5.74, 6) is -1.16. The van der Waals surface area contributed by atoms with E-state index in [1.165, 1.54) is 18.2 Å². The number of hydrogen-bond donors (Lipinski definition) is 0. The zero-order valence-corrected chi connectivity index (χ0v) is 14.7. The Morgan fingerprint density at radius 2 is 1.77 bits per heavy atom. The lowest BCUT2D eigenvalue weighted by atomic mass is 10.1. The summed E-state index contributed by atoms with van der Waals surface area (Å²) in [7, 11) is 0. The number of carbonyl (C=O) groups is 1. The molecule has 0 fully saturated rings. The Kier molecular flexibility index (Phi) is 5.94. The van der Waals surface area contributed by atoms with Gasteiger partial charge in [0, 0.05) is 11.8 Å². The van der Waals surface area contributed by atoms with Crippen molar-refractivity contribution in [3.63, 3.8) is 0 Å². The number of pyridine rings is 1. The lowest BCUT2D eigenvalue weighted by Gasteiger charge is -2.09. The summed E-state index contributed by atoms with van der Waals surface area (Å²) in [6.07, 6.45) is -7.26. The zero-order valence-electron chi connectivity index (χ0n) is 12.5. The van der Waals surface area contributed by atoms with Gasteiger partial charge in [-0.15, -0.1) is 13.2 Å². The Hall–Kier alpha value is -2.11. The third-order valence-electron chi connectivity index (χ3n) is 2.92. The Labute approximate surface area is 156 Å². The molecule has 0 aliphatic heterocycles. The highest BCUT2D eigenvalue weighted by Gasteiger charge is 2.32. The lowest BCUT2D eigenvalue weighted by Crippen LogP contribution is -2.17. The molecule has 0 saturated heterocycles. The van der Waals surface area contributed by atoms with E-state index in [4.69, 9.17) is 0 Å². The Morgan fingerprint density at radius 1 is 1.08 bits per heavy atom. The third kappa shape index (κ3) is 5.71. The van der Waals surface area contributed by atoms with Gasteiger partial charge < -0.3 is 4.74 Å². The van der Waals surface area contributed by atoms with Crippen molar-refractivity contribution in [3.05, 3.63) is 63.0 Å². The Balaban J connectivity index is 2.21. The quantitative estimate of drug-likeness (QED) is 0.242. The number of ketones is 1. The molecule has 1 aromatic heterocycles. The van der Waals surface area contributed by atoms with Gasteiger partial charge >= 0.3 is 12.5 Å². The van der Waals surface area contributed by atoms with E-state index in [1.807, 2.05) is 0 Å². The summed E-state index contributed by atoms with van der Waals surface area (Å²) < 4.78 is 77.9. The van der Waals surface area contributed by atoms with Gasteiger partial charge in [0.15, 0.2) is 5.78 Å². The predicted molar refractivity (Wildman–Crippen MR) is 88.7 cm³/mol. The number of hydrogen-bond acceptors (Lipinski definition) is 3. The number of ether oxygens (including phenoxy) is 1. The van der Waals surface area contributed by atoms with Crippen LogP contribution >= 0.6 is 22.6 Å². The summed E-state index contributed by atoms with van der Waals surface area (Å²) in [5.41, 5.74) is -0.904. The minimum atomic E-state index is -4.89. The molecule has 0 radical (unpaired) electrons. The molecule has 1 aromatic carbocycles. The van der Waals surface area contributed by atoms with Crippen molar-refractivity contribution in [3.8, 4) is 5.75 Å². The van der Waals surface area contributed by atoms with Crippen LogP contribution in [0.15, 0.2) is 46.2 Å². The van der Waals surface area contributed by atoms with E-state index in [9.17, 15) is 31.1 Å². The Morgan fingerprint density at radius 3 is 2.31 bits per heavy atom. The SMILES string of the molecule is O=C(C(I)=Cc1ccc(C(F)(F)F)nc1)c1cccc(OC(F)(F)F)c1. The third-order valence-corrected chi connectivity index (χ3v) is 3.72. The van der Waals surface area contributed by atoms with E-state index < -0.39 is 29.8 Å². The average molecular weight is 487 g/mol. The maximum atomic E-state index is 12.5. The van der Waals surface area contributed by atoms with Crippen LogP contribution in [0.5, 0.6) is 5.75 Å². The van der Waals surface area contributed by atoms with Gasteiger partial charge in [-0.2, -0.15) is 13.2 Å². The largest absolute Gasteiger partial charge is 0.573 e. The first kappa shape index (κ1) is 20.2. The topological polar surface area (TPSA) is 39.2 Å². The fourth-order valence-corrected chi connectivity index (χ4v) is 2.51. The van der Waals surface area contributed by atoms with Gasteiger partial charge in [-0.05, 0) is 52.4 Å². The highest BCUT2D eigenvalue weighted by molar-refractivity contribution is 14.1. The van der Waals surface area contributed by atoms with Crippen molar-refractivity contribution < 1.29 is 35.9 Å². The molecule has 3 nitrogen and oxygen atoms in total. The van der Waals surface area contributed by atoms with Crippen molar-refractivity contribution >= 4 is 34.5 Å². The summed E-state index contributed by atoms with van der Waals surface area (Å²) in [6.45, 7) is 0. The second-order valence-electron chi connectivity index (χ2n) is 4.87. The van der Waals surface area contributed by atoms with Crippen LogP contribution in [0.3, 0.4) is 0 Å². The van der Waals surface area contributed by atoms with Gasteiger partial charge in [-0.1, -0.05) is 18.2 Å². The van der Waals surface area contributed by atoms with Crippen molar-refractivity contribution in [2.24, 2.45) is 0 Å². The van der Waals surface area contributed by atoms with E-state index in [0.717, 1.165) is 30.5 Å². The molecule has 0 saturated carbocycles. The minimum Gasteiger partial charge on any atom is -0.406 e. The normalized spacial score (nSPS) is 12.8. The molecule has 26 heavy (non-hydrogen) atoms. The molecule has 0 bridgehead atoms. The predicted octanol–water partition coefficient (Wildman–Crippen LogP) is 5.66. The number of alkyl halides is 6. The number of aromatic nitrogens is 1. The first-order chi connectivity index (χ1) is 12.0. The summed E-state index contributed by atoms with van der Waals surface area (Å²) in [4.78, 5) is 15.5. The van der Waals surface area contributed by atoms with Crippen LogP contribution in [0.2, 0.25) is 0 Å². The minimum absolute atomic E-state index is 0.0627. The van der Waals surface area contributed by atoms with Gasteiger partial charge in [0.2, 0.25) is 0 Å². The van der Waals surface area contributed by atoms with Gasteiger partial charge in [-0.25, -0.2) is 0 Å². The maximum Gasteiger partial charge on any atom is 0.573 e. The van der Waals surface area contributed by atoms with Crippen LogP contribution in [0.4, 0.5) is 26.3 Å². The van der Waals surface area contributed by atoms with E-state index in [0.29, 0.717) is 0 Å². The maximum absolute atomic E-state index is 12.5. The van der Waals surface area contributed by atoms with Crippen LogP contribution in [0.1, 0.15) is 21.6 Å². The number of carbonyl (C=O) groups excluding carboxylic acids is 1. The van der Waals surface area contributed by atoms with Crippen molar-refractivity contribution in [2.45, 2.75) is 12.5 Å². The van der Waals surface area contributed by atoms with Crippen molar-refractivity contribution in [1.82, 2.24) is 4.98 Å². The molecule has 0 aliphatic carbocycles. The van der Waals surface area contributed by atoms with Crippen LogP contribution in [-0.4, -0.2) is 17.1 Å². The monoisotopic (exact) mass is 487 g/mol. The molecular weight excluding hydrogens is 479 g/mol. The van der Waals surface area contributed by atoms with Gasteiger partial charge in [0.1, 0.15) is 11.4 Å². The molecule has 1 heterocycles. The molecule has 2 aromatic rings. The van der Waals surface area contributed by atoms with E-state index in [1.54, 1.807) is 22.6 Å². The number of benzene rings is 1. The van der Waals surface area contributed by atoms with Gasteiger partial charge in [0.25, 0.3) is 0 Å². The standard InChI is InChI=1S/C16H8F6INO2/c17-15(18,19)13-5-4-9(8-24-13)6-12(23)14(25)10-2-1-3-11(7-10)26-16(20,21)22/h1-8H. The highest BCUT2D eigenvalue weighted by Crippen LogP contribution is 2.28. The van der Waals surface area contributed by atoms with Crippen molar-refractivity contribution in [1.29, 1.82) is 0 Å². The zero-order chi connectivity index (χ0) is 19.5. The smallest absolute Gasteiger partial charge is 0.406 e. The first-order valence-corrected chi connectivity index (χ1v) is 7.84. The van der Waals surface area contributed by atoms with Crippen molar-refractivity contribution in [2.75, 3.05) is 0 Å². The summed E-state index contributed by atoms with van der Waals surface area (Å²) in [5, 5.41) is 0. The van der Waals surface area contributed by atoms with Crippen LogP contribution in [0, 0.1) is 0 Å². The summed E-state index contributed by atoms with van der Waals surface area (Å²) in [6, 6.07) is 6.37. The molecule has 0 spiro atoms. The van der Waals surface area contributed by atoms with E-state index >= 15 is 0 Å². The molecule has 10 heteroatoms. The van der Waals surface area contributed by atoms with Crippen LogP contribution in [0.25, 0.3) is 6.08 Å². The van der Waals surface area contributed by atoms with Gasteiger partial charge in [-0.3, -0.25) is 9.78 Å². The number of halogens is 7. The van der Waals surface area contributed by atoms with E-state index in [-0.39, 0.29) is 14.7 Å². The molecule has 2 rings (SSSR count). The molecule has 0 N–H and O–H groups in total. The molecular formula is C16H8F6INO2. The fourth-order valence-electron chi connectivity index (χ4n) is 1.84. The number of nitrogens with zero attached hydrogens (tertiary/aromatic N) is 1. The number of Topliss-reactive ketones (excluding diaryl/α,β-unsaturated/α-hetero) is 1. The van der Waals surface area contributed by atoms with Crippen LogP contribution < -0.4 is 4.74 Å². The highest BCUT2D eigenvalue weighted by atomic mass is 127. The number of rotatable bonds is 4. The first-order valence-electron chi connectivity index (χ1n) is 6.77.